The van der Waals surface area contributed by atoms with E-state index >= 15 is 0 Å². The maximum atomic E-state index is 12.3. The van der Waals surface area contributed by atoms with Crippen LogP contribution < -0.4 is 5.01 Å². The third-order valence-electron chi connectivity index (χ3n) is 4.94. The topological polar surface area (TPSA) is 45.1 Å². The molecule has 7 heteroatoms. The van der Waals surface area contributed by atoms with E-state index in [1.54, 1.807) is 6.92 Å². The number of hydrazone groups is 1. The van der Waals surface area contributed by atoms with Gasteiger partial charge in [-0.1, -0.05) is 0 Å². The Morgan fingerprint density at radius 2 is 1.82 bits per heavy atom. The predicted octanol–water partition coefficient (Wildman–Crippen LogP) is 3.10. The van der Waals surface area contributed by atoms with E-state index in [4.69, 9.17) is 9.84 Å². The average molecular weight is 507 g/mol. The molecule has 2 aliphatic heterocycles. The van der Waals surface area contributed by atoms with E-state index in [-0.39, 0.29) is 25.3 Å². The second kappa shape index (κ2) is 8.47. The summed E-state index contributed by atoms with van der Waals surface area (Å²) in [7, 11) is 0. The molecule has 1 unspecified atom stereocenters. The molecule has 1 fully saturated rings. The van der Waals surface area contributed by atoms with Gasteiger partial charge in [-0.05, 0) is 0 Å². The number of ether oxygens (including phenoxy) is 1. The summed E-state index contributed by atoms with van der Waals surface area (Å²) in [6.07, 6.45) is 0.801. The van der Waals surface area contributed by atoms with E-state index in [2.05, 4.69) is 62.2 Å². The van der Waals surface area contributed by atoms with Crippen LogP contribution in [0.4, 0.5) is 5.69 Å². The van der Waals surface area contributed by atoms with Gasteiger partial charge < -0.3 is 0 Å². The Bertz CT molecular complexity index is 869. The summed E-state index contributed by atoms with van der Waals surface area (Å²) >= 11 is 3.41. The normalized spacial score (nSPS) is 22.9. The van der Waals surface area contributed by atoms with Gasteiger partial charge in [0.1, 0.15) is 0 Å². The van der Waals surface area contributed by atoms with Gasteiger partial charge in [-0.25, -0.2) is 0 Å². The molecule has 0 bridgehead atoms. The van der Waals surface area contributed by atoms with Gasteiger partial charge in [-0.3, -0.25) is 0 Å². The van der Waals surface area contributed by atoms with Gasteiger partial charge in [0.2, 0.25) is 0 Å². The number of para-hydroxylation sites is 1. The molecule has 2 aromatic rings. The van der Waals surface area contributed by atoms with Crippen LogP contribution in [0.3, 0.4) is 0 Å². The number of hydrogen-bond donors (Lipinski definition) is 0. The number of morpholine rings is 1. The molecule has 0 aliphatic carbocycles. The molecule has 0 N–H and O–H groups in total. The summed E-state index contributed by atoms with van der Waals surface area (Å²) in [5, 5.41) is 6.93. The van der Waals surface area contributed by atoms with E-state index < -0.39 is 0 Å². The summed E-state index contributed by atoms with van der Waals surface area (Å²) in [5.74, 6) is 0.0619. The van der Waals surface area contributed by atoms with Crippen molar-refractivity contribution in [3.8, 4) is 0 Å². The average Bonchev–Trinajstić information content (AvgIpc) is 3.12. The summed E-state index contributed by atoms with van der Waals surface area (Å²) in [6, 6.07) is 18.6. The molecular formula is C21H22BrN3O2Se. The third-order valence-corrected chi connectivity index (χ3v) is 8.54. The van der Waals surface area contributed by atoms with Gasteiger partial charge in [0.05, 0.1) is 0 Å². The molecule has 0 radical (unpaired) electrons. The molecule has 5 nitrogen and oxygen atoms in total. The van der Waals surface area contributed by atoms with Gasteiger partial charge in [-0.2, -0.15) is 0 Å². The van der Waals surface area contributed by atoms with E-state index in [9.17, 15) is 4.79 Å². The number of carbonyl (C=O) groups is 1. The molecule has 2 heterocycles. The van der Waals surface area contributed by atoms with Gasteiger partial charge in [0.15, 0.2) is 0 Å². The van der Waals surface area contributed by atoms with Crippen molar-refractivity contribution in [2.24, 2.45) is 5.10 Å². The second-order valence-electron chi connectivity index (χ2n) is 6.86. The maximum absolute atomic E-state index is 12.3. The van der Waals surface area contributed by atoms with Gasteiger partial charge in [0, 0.05) is 0 Å². The minimum atomic E-state index is -0.354. The fourth-order valence-corrected chi connectivity index (χ4v) is 6.68. The van der Waals surface area contributed by atoms with Crippen molar-refractivity contribution in [2.45, 2.75) is 17.9 Å². The zero-order valence-electron chi connectivity index (χ0n) is 15.7. The van der Waals surface area contributed by atoms with Gasteiger partial charge in [-0.15, -0.1) is 0 Å². The monoisotopic (exact) mass is 507 g/mol. The van der Waals surface area contributed by atoms with Crippen molar-refractivity contribution in [3.05, 3.63) is 64.6 Å². The molecule has 28 heavy (non-hydrogen) atoms. The molecule has 2 aromatic carbocycles. The third kappa shape index (κ3) is 3.95. The molecule has 1 saturated heterocycles. The number of Topliss-reactive ketones (excluding diaryl/α,β-unsaturated/α-hetero) is 1. The van der Waals surface area contributed by atoms with E-state index in [1.807, 2.05) is 18.2 Å². The Hall–Kier alpha value is -1.50. The number of hydrogen-bond acceptors (Lipinski definition) is 5. The summed E-state index contributed by atoms with van der Waals surface area (Å²) < 4.78 is 7.03. The number of rotatable bonds is 5. The standard InChI is InChI=1S/C21H22BrN3O2Se/c1-16(26)20-23-25(19-5-3-2-4-6-19)21(28-20,24-11-13-27-14-12-24)15-17-7-9-18(22)10-8-17/h2-10H,11-15H2,1H3. The number of nitrogens with zero attached hydrogens (tertiary/aromatic N) is 3. The number of benzene rings is 2. The molecular weight excluding hydrogens is 485 g/mol. The van der Waals surface area contributed by atoms with Crippen LogP contribution in [0.5, 0.6) is 0 Å². The first-order valence-corrected chi connectivity index (χ1v) is 11.8. The fraction of sp³-hybridized carbons (Fsp3) is 0.333. The second-order valence-corrected chi connectivity index (χ2v) is 10.4. The van der Waals surface area contributed by atoms with Crippen LogP contribution in [-0.2, 0) is 16.0 Å². The van der Waals surface area contributed by atoms with Crippen LogP contribution in [0.15, 0.2) is 64.2 Å². The molecule has 0 amide bonds. The molecule has 2 aliphatic rings. The zero-order valence-corrected chi connectivity index (χ0v) is 19.0. The number of carbonyl (C=O) groups excluding carboxylic acids is 1. The number of halogens is 1. The Kier molecular flexibility index (Phi) is 5.99. The van der Waals surface area contributed by atoms with E-state index in [1.165, 1.54) is 5.56 Å². The Balaban J connectivity index is 1.79. The van der Waals surface area contributed by atoms with Crippen LogP contribution in [-0.4, -0.2) is 61.1 Å². The van der Waals surface area contributed by atoms with Gasteiger partial charge >= 0.3 is 180 Å². The van der Waals surface area contributed by atoms with Crippen LogP contribution >= 0.6 is 15.9 Å². The first-order chi connectivity index (χ1) is 13.6. The Labute approximate surface area is 180 Å². The molecule has 0 spiro atoms. The van der Waals surface area contributed by atoms with Crippen LogP contribution in [0.2, 0.25) is 0 Å². The summed E-state index contributed by atoms with van der Waals surface area (Å²) in [5.41, 5.74) is 2.25. The van der Waals surface area contributed by atoms with Gasteiger partial charge in [0.25, 0.3) is 0 Å². The Morgan fingerprint density at radius 1 is 1.14 bits per heavy atom. The van der Waals surface area contributed by atoms with Crippen molar-refractivity contribution in [3.63, 3.8) is 0 Å². The van der Waals surface area contributed by atoms with E-state index in [0.29, 0.717) is 17.8 Å². The number of ketones is 1. The predicted molar refractivity (Wildman–Crippen MR) is 116 cm³/mol. The molecule has 146 valence electrons. The fourth-order valence-electron chi connectivity index (χ4n) is 3.56. The van der Waals surface area contributed by atoms with Crippen LogP contribution in [0, 0.1) is 0 Å². The van der Waals surface area contributed by atoms with Crippen molar-refractivity contribution < 1.29 is 9.53 Å². The first-order valence-electron chi connectivity index (χ1n) is 9.29. The zero-order chi connectivity index (χ0) is 19.6. The van der Waals surface area contributed by atoms with Crippen LogP contribution in [0.25, 0.3) is 0 Å². The molecule has 0 saturated carbocycles. The van der Waals surface area contributed by atoms with Crippen molar-refractivity contribution in [2.75, 3.05) is 31.3 Å². The van der Waals surface area contributed by atoms with E-state index in [0.717, 1.165) is 29.7 Å². The summed E-state index contributed by atoms with van der Waals surface area (Å²) in [6.45, 7) is 4.70. The van der Waals surface area contributed by atoms with Crippen LogP contribution in [0.1, 0.15) is 12.5 Å². The summed E-state index contributed by atoms with van der Waals surface area (Å²) in [4.78, 5) is 14.8. The number of anilines is 1. The molecule has 0 aromatic heterocycles. The van der Waals surface area contributed by atoms with Crippen molar-refractivity contribution >= 4 is 47.0 Å². The SMILES string of the molecule is CC(=O)C1=NN(c2ccccc2)C(Cc2ccc(Br)cc2)(N2CCOCC2)[Se]1. The first kappa shape index (κ1) is 19.8. The molecule has 4 rings (SSSR count). The Morgan fingerprint density at radius 3 is 2.46 bits per heavy atom. The van der Waals surface area contributed by atoms with Crippen molar-refractivity contribution in [1.29, 1.82) is 0 Å². The molecule has 1 atom stereocenters. The quantitative estimate of drug-likeness (QED) is 0.584. The van der Waals surface area contributed by atoms with Crippen molar-refractivity contribution in [1.82, 2.24) is 4.90 Å². The minimum absolute atomic E-state index is 0.0619.